The predicted molar refractivity (Wildman–Crippen MR) is 50.7 cm³/mol. The van der Waals surface area contributed by atoms with E-state index in [9.17, 15) is 14.4 Å². The van der Waals surface area contributed by atoms with E-state index in [0.717, 1.165) is 12.2 Å². The Morgan fingerprint density at radius 2 is 1.73 bits per heavy atom. The van der Waals surface area contributed by atoms with Crippen LogP contribution in [-0.2, 0) is 19.1 Å². The Bertz CT molecular complexity index is 279. The van der Waals surface area contributed by atoms with Gasteiger partial charge in [-0.25, -0.2) is 9.59 Å². The maximum Gasteiger partial charge on any atom is 0.338 e. The summed E-state index contributed by atoms with van der Waals surface area (Å²) in [6.07, 6.45) is 2.17. The molecule has 1 heterocycles. The number of carbonyl (C=O) groups is 3. The van der Waals surface area contributed by atoms with Crippen molar-refractivity contribution in [2.45, 2.75) is 19.9 Å². The highest BCUT2D eigenvalue weighted by Crippen LogP contribution is 1.96. The Morgan fingerprint density at radius 3 is 1.80 bits per heavy atom. The number of carboxylic acid groups (broad SMARTS) is 1. The molecule has 1 atom stereocenters. The van der Waals surface area contributed by atoms with E-state index >= 15 is 0 Å². The van der Waals surface area contributed by atoms with Gasteiger partial charge in [-0.05, 0) is 5.92 Å². The fourth-order valence-electron chi connectivity index (χ4n) is 0.588. The van der Waals surface area contributed by atoms with Crippen LogP contribution in [0.25, 0.3) is 0 Å². The molecule has 1 aliphatic rings. The van der Waals surface area contributed by atoms with Crippen molar-refractivity contribution in [3.63, 3.8) is 0 Å². The maximum atomic E-state index is 10.0. The van der Waals surface area contributed by atoms with Gasteiger partial charge in [0.25, 0.3) is 0 Å². The molecule has 0 radical (unpaired) electrons. The molecule has 0 unspecified atom stereocenters. The molecule has 0 aliphatic carbocycles. The van der Waals surface area contributed by atoms with Gasteiger partial charge in [-0.1, -0.05) is 13.8 Å². The highest BCUT2D eigenvalue weighted by molar-refractivity contribution is 6.04. The number of hydrogen-bond acceptors (Lipinski definition) is 5. The summed E-state index contributed by atoms with van der Waals surface area (Å²) < 4.78 is 3.97. The van der Waals surface area contributed by atoms with Crippen molar-refractivity contribution < 1.29 is 24.2 Å². The molecule has 3 N–H and O–H groups in total. The van der Waals surface area contributed by atoms with Gasteiger partial charge in [0.05, 0.1) is 0 Å². The normalized spacial score (nSPS) is 15.7. The molecule has 0 aromatic rings. The lowest BCUT2D eigenvalue weighted by Crippen LogP contribution is -2.34. The molecule has 0 saturated carbocycles. The molecule has 6 nitrogen and oxygen atoms in total. The number of esters is 2. The Morgan fingerprint density at radius 1 is 1.33 bits per heavy atom. The molecule has 0 amide bonds. The first-order chi connectivity index (χ1) is 6.84. The molecular formula is C9H13NO5. The van der Waals surface area contributed by atoms with Gasteiger partial charge in [-0.15, -0.1) is 0 Å². The standard InChI is InChI=1S/C5H11NO2.C4H2O3/c1-3(2)4(6)5(7)8;5-3-1-2-4(6)7-3/h3-4H,6H2,1-2H3,(H,7,8);1-2H/t4-;/m0./s1. The molecule has 6 heteroatoms. The number of ether oxygens (including phenoxy) is 1. The van der Waals surface area contributed by atoms with Crippen molar-refractivity contribution >= 4 is 17.9 Å². The average Bonchev–Trinajstić information content (AvgIpc) is 2.49. The molecule has 0 saturated heterocycles. The van der Waals surface area contributed by atoms with Crippen molar-refractivity contribution in [1.82, 2.24) is 0 Å². The topological polar surface area (TPSA) is 107 Å². The summed E-state index contributed by atoms with van der Waals surface area (Å²) in [5.41, 5.74) is 5.16. The summed E-state index contributed by atoms with van der Waals surface area (Å²) in [4.78, 5) is 29.9. The summed E-state index contributed by atoms with van der Waals surface area (Å²) in [5, 5.41) is 8.23. The Labute approximate surface area is 86.7 Å². The fourth-order valence-corrected chi connectivity index (χ4v) is 0.588. The number of aliphatic carboxylic acids is 1. The Kier molecular flexibility index (Phi) is 5.25. The molecule has 0 spiro atoms. The summed E-state index contributed by atoms with van der Waals surface area (Å²) in [6, 6.07) is -0.713. The lowest BCUT2D eigenvalue weighted by molar-refractivity contribution is -0.150. The molecule has 15 heavy (non-hydrogen) atoms. The smallest absolute Gasteiger partial charge is 0.338 e. The van der Waals surface area contributed by atoms with Crippen LogP contribution in [0, 0.1) is 5.92 Å². The van der Waals surface area contributed by atoms with E-state index in [2.05, 4.69) is 4.74 Å². The first kappa shape index (κ1) is 13.3. The van der Waals surface area contributed by atoms with Gasteiger partial charge in [0.2, 0.25) is 0 Å². The van der Waals surface area contributed by atoms with Crippen LogP contribution in [0.2, 0.25) is 0 Å². The van der Waals surface area contributed by atoms with E-state index < -0.39 is 23.9 Å². The zero-order valence-corrected chi connectivity index (χ0v) is 8.47. The third-order valence-corrected chi connectivity index (χ3v) is 1.56. The van der Waals surface area contributed by atoms with Crippen molar-refractivity contribution in [1.29, 1.82) is 0 Å². The van der Waals surface area contributed by atoms with Crippen LogP contribution in [0.4, 0.5) is 0 Å². The molecular weight excluding hydrogens is 202 g/mol. The van der Waals surface area contributed by atoms with Crippen LogP contribution in [0.15, 0.2) is 12.2 Å². The van der Waals surface area contributed by atoms with Gasteiger partial charge in [-0.3, -0.25) is 4.79 Å². The molecule has 0 aromatic carbocycles. The number of rotatable bonds is 2. The second-order valence-electron chi connectivity index (χ2n) is 3.18. The van der Waals surface area contributed by atoms with Gasteiger partial charge in [0, 0.05) is 12.2 Å². The molecule has 1 rings (SSSR count). The zero-order valence-electron chi connectivity index (χ0n) is 8.47. The number of carbonyl (C=O) groups excluding carboxylic acids is 2. The molecule has 0 bridgehead atoms. The predicted octanol–water partition coefficient (Wildman–Crippen LogP) is -0.320. The maximum absolute atomic E-state index is 10.0. The Hall–Kier alpha value is -1.69. The van der Waals surface area contributed by atoms with E-state index in [1.54, 1.807) is 13.8 Å². The van der Waals surface area contributed by atoms with Gasteiger partial charge in [-0.2, -0.15) is 0 Å². The second-order valence-corrected chi connectivity index (χ2v) is 3.18. The van der Waals surface area contributed by atoms with Gasteiger partial charge in [0.1, 0.15) is 6.04 Å². The van der Waals surface area contributed by atoms with E-state index in [-0.39, 0.29) is 5.92 Å². The fraction of sp³-hybridized carbons (Fsp3) is 0.444. The van der Waals surface area contributed by atoms with E-state index in [1.807, 2.05) is 0 Å². The van der Waals surface area contributed by atoms with Crippen LogP contribution in [0.5, 0.6) is 0 Å². The lowest BCUT2D eigenvalue weighted by atomic mass is 10.1. The van der Waals surface area contributed by atoms with Gasteiger partial charge >= 0.3 is 17.9 Å². The van der Waals surface area contributed by atoms with Crippen LogP contribution < -0.4 is 5.73 Å². The van der Waals surface area contributed by atoms with E-state index in [4.69, 9.17) is 10.8 Å². The van der Waals surface area contributed by atoms with Crippen LogP contribution in [0.3, 0.4) is 0 Å². The number of hydrogen-bond donors (Lipinski definition) is 2. The highest BCUT2D eigenvalue weighted by Gasteiger charge is 2.14. The zero-order chi connectivity index (χ0) is 12.0. The quantitative estimate of drug-likeness (QED) is 0.483. The third kappa shape index (κ3) is 5.58. The number of cyclic esters (lactones) is 2. The minimum Gasteiger partial charge on any atom is -0.480 e. The minimum atomic E-state index is -0.931. The van der Waals surface area contributed by atoms with Crippen molar-refractivity contribution in [3.8, 4) is 0 Å². The molecule has 0 aromatic heterocycles. The first-order valence-corrected chi connectivity index (χ1v) is 4.26. The SMILES string of the molecule is CC(C)[C@H](N)C(=O)O.O=C1C=CC(=O)O1. The molecule has 1 aliphatic heterocycles. The van der Waals surface area contributed by atoms with Gasteiger partial charge < -0.3 is 15.6 Å². The Balaban J connectivity index is 0.000000262. The second kappa shape index (κ2) is 5.92. The lowest BCUT2D eigenvalue weighted by Gasteiger charge is -2.07. The number of carboxylic acids is 1. The molecule has 84 valence electrons. The largest absolute Gasteiger partial charge is 0.480 e. The summed E-state index contributed by atoms with van der Waals surface area (Å²) >= 11 is 0. The van der Waals surface area contributed by atoms with Crippen LogP contribution >= 0.6 is 0 Å². The van der Waals surface area contributed by atoms with Gasteiger partial charge in [0.15, 0.2) is 0 Å². The monoisotopic (exact) mass is 215 g/mol. The van der Waals surface area contributed by atoms with Crippen LogP contribution in [-0.4, -0.2) is 29.1 Å². The van der Waals surface area contributed by atoms with Crippen LogP contribution in [0.1, 0.15) is 13.8 Å². The summed E-state index contributed by atoms with van der Waals surface area (Å²) in [6.45, 7) is 3.55. The third-order valence-electron chi connectivity index (χ3n) is 1.56. The highest BCUT2D eigenvalue weighted by atomic mass is 16.6. The van der Waals surface area contributed by atoms with E-state index in [1.165, 1.54) is 0 Å². The van der Waals surface area contributed by atoms with Crippen molar-refractivity contribution in [2.24, 2.45) is 11.7 Å². The van der Waals surface area contributed by atoms with Crippen molar-refractivity contribution in [2.75, 3.05) is 0 Å². The summed E-state index contributed by atoms with van der Waals surface area (Å²) in [5.74, 6) is -2.07. The van der Waals surface area contributed by atoms with Crippen molar-refractivity contribution in [3.05, 3.63) is 12.2 Å². The average molecular weight is 215 g/mol. The number of nitrogens with two attached hydrogens (primary N) is 1. The first-order valence-electron chi connectivity index (χ1n) is 4.26. The van der Waals surface area contributed by atoms with E-state index in [0.29, 0.717) is 0 Å². The minimum absolute atomic E-state index is 0.0208. The summed E-state index contributed by atoms with van der Waals surface area (Å²) in [7, 11) is 0. The molecule has 0 fully saturated rings.